The quantitative estimate of drug-likeness (QED) is 0.403. The summed E-state index contributed by atoms with van der Waals surface area (Å²) >= 11 is 0. The lowest BCUT2D eigenvalue weighted by atomic mass is 9.67. The second-order valence-corrected chi connectivity index (χ2v) is 10.3. The summed E-state index contributed by atoms with van der Waals surface area (Å²) < 4.78 is 0. The molecule has 0 saturated carbocycles. The van der Waals surface area contributed by atoms with Gasteiger partial charge in [0.2, 0.25) is 5.91 Å². The molecule has 1 aliphatic heterocycles. The monoisotopic (exact) mass is 496 g/mol. The van der Waals surface area contributed by atoms with E-state index >= 15 is 0 Å². The fourth-order valence-corrected chi connectivity index (χ4v) is 5.49. The smallest absolute Gasteiger partial charge is 0.223 e. The largest absolute Gasteiger partial charge is 0.349 e. The molecule has 2 atom stereocenters. The van der Waals surface area contributed by atoms with Crippen molar-refractivity contribution in [1.82, 2.24) is 9.80 Å². The Balaban J connectivity index is 1.80. The summed E-state index contributed by atoms with van der Waals surface area (Å²) in [4.78, 5) is 44.2. The van der Waals surface area contributed by atoms with Gasteiger partial charge in [0.1, 0.15) is 0 Å². The standard InChI is InChI=1S/C32H36N2O3/c1-22-12-11-17-26(23(22)2)30-27(31(36)24-13-7-5-8-14-24)20-34(19-18-29(35)33(3)4)21-28(30)32(37)25-15-9-6-10-16-25/h5-17,27-28,30H,18-21H2,1-4H3. The second-order valence-electron chi connectivity index (χ2n) is 10.3. The van der Waals surface area contributed by atoms with Gasteiger partial charge in [-0.3, -0.25) is 14.4 Å². The number of amides is 1. The van der Waals surface area contributed by atoms with E-state index in [1.807, 2.05) is 66.7 Å². The molecule has 2 unspecified atom stereocenters. The number of Topliss-reactive ketones (excluding diaryl/α,β-unsaturated/α-hetero) is 2. The molecular formula is C32H36N2O3. The van der Waals surface area contributed by atoms with Crippen LogP contribution in [-0.4, -0.2) is 61.0 Å². The molecule has 1 amide bonds. The van der Waals surface area contributed by atoms with Crippen LogP contribution in [0.4, 0.5) is 0 Å². The number of ketones is 2. The van der Waals surface area contributed by atoms with Crippen LogP contribution in [0.1, 0.15) is 49.7 Å². The molecule has 0 bridgehead atoms. The second kappa shape index (κ2) is 11.7. The first-order chi connectivity index (χ1) is 17.8. The van der Waals surface area contributed by atoms with Gasteiger partial charge in [0.15, 0.2) is 11.6 Å². The average Bonchev–Trinajstić information content (AvgIpc) is 2.93. The van der Waals surface area contributed by atoms with E-state index in [-0.39, 0.29) is 23.4 Å². The summed E-state index contributed by atoms with van der Waals surface area (Å²) in [6.45, 7) is 5.67. The molecule has 1 fully saturated rings. The fourth-order valence-electron chi connectivity index (χ4n) is 5.49. The molecule has 3 aromatic rings. The maximum absolute atomic E-state index is 14.1. The first-order valence-electron chi connectivity index (χ1n) is 12.9. The molecule has 192 valence electrons. The summed E-state index contributed by atoms with van der Waals surface area (Å²) in [6.07, 6.45) is 0.347. The van der Waals surface area contributed by atoms with E-state index in [0.29, 0.717) is 37.2 Å². The Kier molecular flexibility index (Phi) is 8.34. The molecule has 1 aliphatic rings. The van der Waals surface area contributed by atoms with Crippen LogP contribution in [0.2, 0.25) is 0 Å². The van der Waals surface area contributed by atoms with E-state index in [2.05, 4.69) is 30.9 Å². The summed E-state index contributed by atoms with van der Waals surface area (Å²) in [7, 11) is 3.50. The van der Waals surface area contributed by atoms with Gasteiger partial charge in [-0.1, -0.05) is 78.9 Å². The predicted octanol–water partition coefficient (Wildman–Crippen LogP) is 5.18. The molecule has 1 heterocycles. The molecule has 5 nitrogen and oxygen atoms in total. The van der Waals surface area contributed by atoms with Gasteiger partial charge in [-0.15, -0.1) is 0 Å². The Labute approximate surface area is 220 Å². The van der Waals surface area contributed by atoms with Gasteiger partial charge >= 0.3 is 0 Å². The van der Waals surface area contributed by atoms with Crippen LogP contribution in [0.15, 0.2) is 78.9 Å². The molecule has 0 aromatic heterocycles. The zero-order chi connectivity index (χ0) is 26.5. The zero-order valence-corrected chi connectivity index (χ0v) is 22.2. The third-order valence-electron chi connectivity index (χ3n) is 7.71. The van der Waals surface area contributed by atoms with E-state index in [1.165, 1.54) is 0 Å². The van der Waals surface area contributed by atoms with Crippen LogP contribution in [-0.2, 0) is 4.79 Å². The summed E-state index contributed by atoms with van der Waals surface area (Å²) in [5.41, 5.74) is 4.64. The minimum atomic E-state index is -0.413. The molecule has 1 saturated heterocycles. The normalized spacial score (nSPS) is 19.8. The SMILES string of the molecule is Cc1cccc(C2C(C(=O)c3ccccc3)CN(CCC(=O)N(C)C)CC2C(=O)c2ccccc2)c1C. The van der Waals surface area contributed by atoms with E-state index in [1.54, 1.807) is 19.0 Å². The number of aryl methyl sites for hydroxylation is 1. The number of likely N-dealkylation sites (tertiary alicyclic amines) is 1. The molecule has 0 spiro atoms. The van der Waals surface area contributed by atoms with E-state index < -0.39 is 11.8 Å². The van der Waals surface area contributed by atoms with Gasteiger partial charge in [0.25, 0.3) is 0 Å². The van der Waals surface area contributed by atoms with Crippen molar-refractivity contribution in [1.29, 1.82) is 0 Å². The maximum atomic E-state index is 14.1. The van der Waals surface area contributed by atoms with E-state index in [4.69, 9.17) is 0 Å². The van der Waals surface area contributed by atoms with Crippen molar-refractivity contribution in [2.45, 2.75) is 26.2 Å². The number of carbonyl (C=O) groups is 3. The lowest BCUT2D eigenvalue weighted by molar-refractivity contribution is -0.129. The van der Waals surface area contributed by atoms with Crippen molar-refractivity contribution < 1.29 is 14.4 Å². The first kappa shape index (κ1) is 26.5. The van der Waals surface area contributed by atoms with Crippen LogP contribution >= 0.6 is 0 Å². The lowest BCUT2D eigenvalue weighted by Crippen LogP contribution is -2.51. The van der Waals surface area contributed by atoms with Crippen LogP contribution in [0.25, 0.3) is 0 Å². The summed E-state index contributed by atoms with van der Waals surface area (Å²) in [5.74, 6) is -0.968. The van der Waals surface area contributed by atoms with Crippen molar-refractivity contribution in [3.05, 3.63) is 107 Å². The predicted molar refractivity (Wildman–Crippen MR) is 147 cm³/mol. The third kappa shape index (κ3) is 5.89. The highest BCUT2D eigenvalue weighted by atomic mass is 16.2. The number of hydrogen-bond donors (Lipinski definition) is 0. The van der Waals surface area contributed by atoms with Gasteiger partial charge in [-0.25, -0.2) is 0 Å². The van der Waals surface area contributed by atoms with Crippen molar-refractivity contribution in [3.63, 3.8) is 0 Å². The maximum Gasteiger partial charge on any atom is 0.223 e. The van der Waals surface area contributed by atoms with Crippen molar-refractivity contribution in [2.24, 2.45) is 11.8 Å². The van der Waals surface area contributed by atoms with Crippen LogP contribution in [0.3, 0.4) is 0 Å². The molecule has 0 N–H and O–H groups in total. The topological polar surface area (TPSA) is 57.7 Å². The number of piperidine rings is 1. The first-order valence-corrected chi connectivity index (χ1v) is 12.9. The lowest BCUT2D eigenvalue weighted by Gasteiger charge is -2.43. The van der Waals surface area contributed by atoms with Crippen LogP contribution in [0, 0.1) is 25.7 Å². The van der Waals surface area contributed by atoms with Gasteiger partial charge in [0.05, 0.1) is 0 Å². The Bertz CT molecular complexity index is 1190. The van der Waals surface area contributed by atoms with E-state index in [0.717, 1.165) is 16.7 Å². The summed E-state index contributed by atoms with van der Waals surface area (Å²) in [5, 5.41) is 0. The van der Waals surface area contributed by atoms with Gasteiger partial charge < -0.3 is 9.80 Å². The highest BCUT2D eigenvalue weighted by Crippen LogP contribution is 2.42. The minimum absolute atomic E-state index is 0.0357. The molecule has 37 heavy (non-hydrogen) atoms. The number of hydrogen-bond acceptors (Lipinski definition) is 4. The Hall–Kier alpha value is -3.57. The number of rotatable bonds is 8. The zero-order valence-electron chi connectivity index (χ0n) is 22.2. The van der Waals surface area contributed by atoms with Crippen LogP contribution < -0.4 is 0 Å². The van der Waals surface area contributed by atoms with Crippen molar-refractivity contribution >= 4 is 17.5 Å². The van der Waals surface area contributed by atoms with Gasteiger partial charge in [0, 0.05) is 69.0 Å². The average molecular weight is 497 g/mol. The van der Waals surface area contributed by atoms with Crippen molar-refractivity contribution in [3.8, 4) is 0 Å². The highest BCUT2D eigenvalue weighted by Gasteiger charge is 2.45. The fraction of sp³-hybridized carbons (Fsp3) is 0.344. The Morgan fingerprint density at radius 3 is 1.76 bits per heavy atom. The molecule has 0 aliphatic carbocycles. The number of carbonyl (C=O) groups excluding carboxylic acids is 3. The molecule has 4 rings (SSSR count). The summed E-state index contributed by atoms with van der Waals surface area (Å²) in [6, 6.07) is 24.9. The van der Waals surface area contributed by atoms with Crippen LogP contribution in [0.5, 0.6) is 0 Å². The van der Waals surface area contributed by atoms with Gasteiger partial charge in [-0.05, 0) is 30.5 Å². The highest BCUT2D eigenvalue weighted by molar-refractivity contribution is 6.02. The van der Waals surface area contributed by atoms with Gasteiger partial charge in [-0.2, -0.15) is 0 Å². The molecule has 3 aromatic carbocycles. The Morgan fingerprint density at radius 2 is 1.27 bits per heavy atom. The minimum Gasteiger partial charge on any atom is -0.349 e. The number of benzene rings is 3. The Morgan fingerprint density at radius 1 is 0.757 bits per heavy atom. The molecular weight excluding hydrogens is 460 g/mol. The van der Waals surface area contributed by atoms with Crippen molar-refractivity contribution in [2.75, 3.05) is 33.7 Å². The molecule has 5 heteroatoms. The molecule has 0 radical (unpaired) electrons. The number of nitrogens with zero attached hydrogens (tertiary/aromatic N) is 2. The van der Waals surface area contributed by atoms with E-state index in [9.17, 15) is 14.4 Å². The third-order valence-corrected chi connectivity index (χ3v) is 7.71.